The van der Waals surface area contributed by atoms with Crippen LogP contribution in [0, 0.1) is 5.82 Å². The summed E-state index contributed by atoms with van der Waals surface area (Å²) in [6, 6.07) is 11.9. The second-order valence-electron chi connectivity index (χ2n) is 4.49. The summed E-state index contributed by atoms with van der Waals surface area (Å²) in [7, 11) is 0. The van der Waals surface area contributed by atoms with E-state index in [0.29, 0.717) is 11.3 Å². The van der Waals surface area contributed by atoms with Gasteiger partial charge < -0.3 is 5.11 Å². The van der Waals surface area contributed by atoms with E-state index in [2.05, 4.69) is 6.07 Å². The summed E-state index contributed by atoms with van der Waals surface area (Å²) in [5.74, 6) is -1.01. The van der Waals surface area contributed by atoms with Crippen molar-refractivity contribution in [2.75, 3.05) is 0 Å². The number of halogens is 1. The number of fused-ring (bicyclic) bond motifs is 1. The average molecular weight is 318 g/mol. The smallest absolute Gasteiger partial charge is 0.335 e. The quantitative estimate of drug-likeness (QED) is 0.685. The lowest BCUT2D eigenvalue weighted by Crippen LogP contribution is -2.02. The molecule has 3 aromatic rings. The van der Waals surface area contributed by atoms with E-state index >= 15 is 0 Å². The van der Waals surface area contributed by atoms with Gasteiger partial charge in [0.15, 0.2) is 0 Å². The van der Waals surface area contributed by atoms with Gasteiger partial charge in [-0.05, 0) is 46.7 Å². The Balaban J connectivity index is 1.90. The molecule has 0 radical (unpaired) electrons. The molecule has 0 atom stereocenters. The Morgan fingerprint density at radius 1 is 1.24 bits per heavy atom. The van der Waals surface area contributed by atoms with E-state index in [1.807, 2.05) is 23.6 Å². The van der Waals surface area contributed by atoms with E-state index in [4.69, 9.17) is 5.11 Å². The Morgan fingerprint density at radius 3 is 2.90 bits per heavy atom. The van der Waals surface area contributed by atoms with Gasteiger partial charge in [-0.15, -0.1) is 23.1 Å². The summed E-state index contributed by atoms with van der Waals surface area (Å²) in [6.07, 6.45) is 0. The van der Waals surface area contributed by atoms with Crippen LogP contribution in [-0.2, 0) is 5.75 Å². The summed E-state index contributed by atoms with van der Waals surface area (Å²) < 4.78 is 14.5. The van der Waals surface area contributed by atoms with Crippen LogP contribution in [0.4, 0.5) is 4.39 Å². The van der Waals surface area contributed by atoms with E-state index in [1.165, 1.54) is 40.0 Å². The highest BCUT2D eigenvalue weighted by atomic mass is 32.2. The molecule has 0 saturated heterocycles. The molecule has 21 heavy (non-hydrogen) atoms. The normalized spacial score (nSPS) is 10.9. The van der Waals surface area contributed by atoms with Crippen molar-refractivity contribution in [1.82, 2.24) is 0 Å². The maximum atomic E-state index is 13.3. The number of hydrogen-bond donors (Lipinski definition) is 1. The van der Waals surface area contributed by atoms with E-state index in [0.717, 1.165) is 4.90 Å². The molecule has 2 nitrogen and oxygen atoms in total. The minimum absolute atomic E-state index is 0.155. The van der Waals surface area contributed by atoms with Gasteiger partial charge >= 0.3 is 5.97 Å². The average Bonchev–Trinajstić information content (AvgIpc) is 2.93. The molecule has 5 heteroatoms. The summed E-state index contributed by atoms with van der Waals surface area (Å²) in [6.45, 7) is 0. The zero-order chi connectivity index (χ0) is 14.8. The molecular weight excluding hydrogens is 307 g/mol. The van der Waals surface area contributed by atoms with Crippen LogP contribution in [0.1, 0.15) is 15.9 Å². The van der Waals surface area contributed by atoms with Crippen molar-refractivity contribution in [3.05, 3.63) is 64.8 Å². The van der Waals surface area contributed by atoms with Crippen molar-refractivity contribution in [3.8, 4) is 0 Å². The van der Waals surface area contributed by atoms with Crippen LogP contribution in [0.5, 0.6) is 0 Å². The molecule has 0 bridgehead atoms. The molecule has 0 aliphatic carbocycles. The van der Waals surface area contributed by atoms with E-state index in [-0.39, 0.29) is 5.56 Å². The molecule has 2 aromatic carbocycles. The third-order valence-corrected chi connectivity index (χ3v) is 5.32. The third-order valence-electron chi connectivity index (χ3n) is 3.12. The van der Waals surface area contributed by atoms with Gasteiger partial charge in [0.25, 0.3) is 0 Å². The second kappa shape index (κ2) is 5.87. The number of benzene rings is 2. The number of thioether (sulfide) groups is 1. The maximum Gasteiger partial charge on any atom is 0.335 e. The van der Waals surface area contributed by atoms with Gasteiger partial charge in [-0.2, -0.15) is 0 Å². The SMILES string of the molecule is O=C(O)c1ccc(F)cc1CSc1cccc2ccsc12. The van der Waals surface area contributed by atoms with E-state index in [1.54, 1.807) is 11.3 Å². The highest BCUT2D eigenvalue weighted by Crippen LogP contribution is 2.34. The van der Waals surface area contributed by atoms with Crippen molar-refractivity contribution in [2.24, 2.45) is 0 Å². The van der Waals surface area contributed by atoms with Gasteiger partial charge in [0.1, 0.15) is 5.82 Å². The molecular formula is C16H11FO2S2. The first kappa shape index (κ1) is 14.1. The summed E-state index contributed by atoms with van der Waals surface area (Å²) >= 11 is 3.18. The van der Waals surface area contributed by atoms with Crippen LogP contribution in [-0.4, -0.2) is 11.1 Å². The first-order valence-corrected chi connectivity index (χ1v) is 8.12. The van der Waals surface area contributed by atoms with Gasteiger partial charge in [-0.1, -0.05) is 12.1 Å². The van der Waals surface area contributed by atoms with Crippen LogP contribution in [0.15, 0.2) is 52.7 Å². The molecule has 0 saturated carbocycles. The fourth-order valence-corrected chi connectivity index (χ4v) is 4.23. The Morgan fingerprint density at radius 2 is 2.10 bits per heavy atom. The molecule has 0 aliphatic rings. The van der Waals surface area contributed by atoms with Crippen molar-refractivity contribution >= 4 is 39.2 Å². The summed E-state index contributed by atoms with van der Waals surface area (Å²) in [5, 5.41) is 12.4. The monoisotopic (exact) mass is 318 g/mol. The largest absolute Gasteiger partial charge is 0.478 e. The molecule has 0 fully saturated rings. The van der Waals surface area contributed by atoms with Crippen LogP contribution in [0.3, 0.4) is 0 Å². The maximum absolute atomic E-state index is 13.3. The number of carboxylic acids is 1. The summed E-state index contributed by atoms with van der Waals surface area (Å²) in [4.78, 5) is 12.3. The minimum Gasteiger partial charge on any atom is -0.478 e. The minimum atomic E-state index is -1.03. The third kappa shape index (κ3) is 2.94. The van der Waals surface area contributed by atoms with Gasteiger partial charge in [-0.3, -0.25) is 0 Å². The first-order chi connectivity index (χ1) is 10.1. The highest BCUT2D eigenvalue weighted by Gasteiger charge is 2.12. The molecule has 0 unspecified atom stereocenters. The predicted molar refractivity (Wildman–Crippen MR) is 84.7 cm³/mol. The zero-order valence-corrected chi connectivity index (χ0v) is 12.5. The lowest BCUT2D eigenvalue weighted by atomic mass is 10.1. The lowest BCUT2D eigenvalue weighted by molar-refractivity contribution is 0.0696. The fourth-order valence-electron chi connectivity index (χ4n) is 2.13. The second-order valence-corrected chi connectivity index (χ2v) is 6.42. The number of aromatic carboxylic acids is 1. The van der Waals surface area contributed by atoms with Crippen LogP contribution >= 0.6 is 23.1 Å². The van der Waals surface area contributed by atoms with Crippen LogP contribution in [0.2, 0.25) is 0 Å². The molecule has 1 aromatic heterocycles. The summed E-state index contributed by atoms with van der Waals surface area (Å²) in [5.41, 5.74) is 0.656. The van der Waals surface area contributed by atoms with Gasteiger partial charge in [-0.25, -0.2) is 9.18 Å². The molecule has 106 valence electrons. The molecule has 3 rings (SSSR count). The number of carbonyl (C=O) groups is 1. The van der Waals surface area contributed by atoms with E-state index < -0.39 is 11.8 Å². The Bertz CT molecular complexity index is 811. The molecule has 0 aliphatic heterocycles. The highest BCUT2D eigenvalue weighted by molar-refractivity contribution is 7.98. The van der Waals surface area contributed by atoms with Gasteiger partial charge in [0.2, 0.25) is 0 Å². The molecule has 1 heterocycles. The number of hydrogen-bond acceptors (Lipinski definition) is 3. The number of carboxylic acid groups (broad SMARTS) is 1. The van der Waals surface area contributed by atoms with E-state index in [9.17, 15) is 9.18 Å². The van der Waals surface area contributed by atoms with Crippen molar-refractivity contribution in [3.63, 3.8) is 0 Å². The van der Waals surface area contributed by atoms with Crippen molar-refractivity contribution in [2.45, 2.75) is 10.6 Å². The van der Waals surface area contributed by atoms with Gasteiger partial charge in [0, 0.05) is 15.3 Å². The molecule has 0 spiro atoms. The van der Waals surface area contributed by atoms with Crippen LogP contribution < -0.4 is 0 Å². The zero-order valence-electron chi connectivity index (χ0n) is 10.9. The van der Waals surface area contributed by atoms with Crippen molar-refractivity contribution in [1.29, 1.82) is 0 Å². The lowest BCUT2D eigenvalue weighted by Gasteiger charge is -2.07. The first-order valence-electron chi connectivity index (χ1n) is 6.26. The Kier molecular flexibility index (Phi) is 3.94. The Labute approximate surface area is 129 Å². The topological polar surface area (TPSA) is 37.3 Å². The molecule has 0 amide bonds. The Hall–Kier alpha value is -1.85. The predicted octanol–water partition coefficient (Wildman–Crippen LogP) is 5.03. The number of thiophene rings is 1. The molecule has 1 N–H and O–H groups in total. The standard InChI is InChI=1S/C16H11FO2S2/c17-12-4-5-13(16(18)19)11(8-12)9-21-14-3-1-2-10-6-7-20-15(10)14/h1-8H,9H2,(H,18,19). The fraction of sp³-hybridized carbons (Fsp3) is 0.0625. The van der Waals surface area contributed by atoms with Crippen molar-refractivity contribution < 1.29 is 14.3 Å². The van der Waals surface area contributed by atoms with Gasteiger partial charge in [0.05, 0.1) is 5.56 Å². The van der Waals surface area contributed by atoms with Crippen LogP contribution in [0.25, 0.3) is 10.1 Å². The number of rotatable bonds is 4.